The average Bonchev–Trinajstić information content (AvgIpc) is 2.41. The number of piperazine rings is 1. The van der Waals surface area contributed by atoms with Gasteiger partial charge in [-0.25, -0.2) is 4.39 Å². The van der Waals surface area contributed by atoms with Gasteiger partial charge in [0.15, 0.2) is 0 Å². The Bertz CT molecular complexity index is 506. The molecule has 2 atom stereocenters. The smallest absolute Gasteiger partial charge is 0.305 e. The van der Waals surface area contributed by atoms with Gasteiger partial charge in [0.25, 0.3) is 0 Å². The molecule has 1 fully saturated rings. The van der Waals surface area contributed by atoms with E-state index in [9.17, 15) is 14.0 Å². The van der Waals surface area contributed by atoms with Gasteiger partial charge in [-0.15, -0.1) is 0 Å². The maximum Gasteiger partial charge on any atom is 0.305 e. The number of carboxylic acid groups (broad SMARTS) is 1. The Labute approximate surface area is 115 Å². The number of nitrogens with one attached hydrogen (secondary N) is 1. The van der Waals surface area contributed by atoms with Crippen LogP contribution < -0.4 is 5.32 Å². The summed E-state index contributed by atoms with van der Waals surface area (Å²) in [6, 6.07) is 1.86. The van der Waals surface area contributed by atoms with Gasteiger partial charge in [-0.3, -0.25) is 19.5 Å². The van der Waals surface area contributed by atoms with E-state index < -0.39 is 17.8 Å². The first-order chi connectivity index (χ1) is 9.49. The highest BCUT2D eigenvalue weighted by molar-refractivity contribution is 5.86. The number of carbonyl (C=O) groups excluding carboxylic acids is 1. The van der Waals surface area contributed by atoms with Gasteiger partial charge in [0.1, 0.15) is 11.9 Å². The number of amides is 1. The molecule has 1 aliphatic heterocycles. The number of hydrogen-bond acceptors (Lipinski definition) is 4. The number of carboxylic acids is 1. The summed E-state index contributed by atoms with van der Waals surface area (Å²) in [7, 11) is 0. The van der Waals surface area contributed by atoms with Crippen molar-refractivity contribution in [2.24, 2.45) is 0 Å². The Balaban J connectivity index is 2.20. The lowest BCUT2D eigenvalue weighted by Gasteiger charge is -2.38. The molecule has 108 valence electrons. The van der Waals surface area contributed by atoms with Crippen LogP contribution in [-0.2, 0) is 9.59 Å². The molecule has 2 unspecified atom stereocenters. The van der Waals surface area contributed by atoms with Crippen molar-refractivity contribution in [3.63, 3.8) is 0 Å². The number of pyridine rings is 1. The van der Waals surface area contributed by atoms with Crippen LogP contribution in [0.2, 0.25) is 0 Å². The Morgan fingerprint density at radius 2 is 2.40 bits per heavy atom. The molecule has 0 radical (unpaired) electrons. The molecule has 1 aliphatic rings. The summed E-state index contributed by atoms with van der Waals surface area (Å²) in [6.07, 6.45) is 0.847. The molecule has 1 saturated heterocycles. The number of aliphatic carboxylic acids is 1. The minimum atomic E-state index is -1.03. The maximum absolute atomic E-state index is 12.9. The van der Waals surface area contributed by atoms with Crippen molar-refractivity contribution in [1.29, 1.82) is 0 Å². The zero-order valence-electron chi connectivity index (χ0n) is 11.0. The molecule has 0 spiro atoms. The third kappa shape index (κ3) is 3.11. The molecule has 7 heteroatoms. The Morgan fingerprint density at radius 1 is 1.65 bits per heavy atom. The van der Waals surface area contributed by atoms with Crippen LogP contribution in [0.25, 0.3) is 0 Å². The van der Waals surface area contributed by atoms with Gasteiger partial charge in [0.2, 0.25) is 5.91 Å². The first-order valence-electron chi connectivity index (χ1n) is 6.35. The van der Waals surface area contributed by atoms with Gasteiger partial charge in [0.05, 0.1) is 24.4 Å². The second kappa shape index (κ2) is 5.96. The van der Waals surface area contributed by atoms with Crippen LogP contribution in [0.4, 0.5) is 4.39 Å². The van der Waals surface area contributed by atoms with Crippen LogP contribution in [-0.4, -0.2) is 46.0 Å². The molecule has 2 rings (SSSR count). The van der Waals surface area contributed by atoms with E-state index in [1.54, 1.807) is 11.0 Å². The SMILES string of the molecule is CC(c1ccc(F)cn1)N1CCNC(=O)C1CC(=O)O. The number of hydrogen-bond donors (Lipinski definition) is 2. The molecular weight excluding hydrogens is 265 g/mol. The lowest BCUT2D eigenvalue weighted by atomic mass is 10.0. The Kier molecular flexibility index (Phi) is 4.29. The summed E-state index contributed by atoms with van der Waals surface area (Å²) in [6.45, 7) is 2.82. The van der Waals surface area contributed by atoms with Crippen LogP contribution >= 0.6 is 0 Å². The highest BCUT2D eigenvalue weighted by atomic mass is 19.1. The van der Waals surface area contributed by atoms with E-state index in [2.05, 4.69) is 10.3 Å². The van der Waals surface area contributed by atoms with Crippen molar-refractivity contribution in [1.82, 2.24) is 15.2 Å². The molecular formula is C13H16FN3O3. The Morgan fingerprint density at radius 3 is 3.00 bits per heavy atom. The first kappa shape index (κ1) is 14.4. The van der Waals surface area contributed by atoms with Crippen molar-refractivity contribution < 1.29 is 19.1 Å². The van der Waals surface area contributed by atoms with Gasteiger partial charge in [-0.05, 0) is 19.1 Å². The number of rotatable bonds is 4. The Hall–Kier alpha value is -2.02. The molecule has 2 N–H and O–H groups in total. The predicted molar refractivity (Wildman–Crippen MR) is 68.4 cm³/mol. The molecule has 1 aromatic rings. The predicted octanol–water partition coefficient (Wildman–Crippen LogP) is 0.557. The standard InChI is InChI=1S/C13H16FN3O3/c1-8(10-3-2-9(14)7-16-10)17-5-4-15-13(20)11(17)6-12(18)19/h2-3,7-8,11H,4-6H2,1H3,(H,15,20)(H,18,19). The molecule has 6 nitrogen and oxygen atoms in total. The van der Waals surface area contributed by atoms with E-state index in [1.165, 1.54) is 6.07 Å². The highest BCUT2D eigenvalue weighted by Crippen LogP contribution is 2.23. The molecule has 0 saturated carbocycles. The lowest BCUT2D eigenvalue weighted by molar-refractivity contribution is -0.143. The largest absolute Gasteiger partial charge is 0.481 e. The van der Waals surface area contributed by atoms with Crippen molar-refractivity contribution in [3.05, 3.63) is 29.8 Å². The third-order valence-corrected chi connectivity index (χ3v) is 3.42. The summed E-state index contributed by atoms with van der Waals surface area (Å²) in [5.41, 5.74) is 0.608. The van der Waals surface area contributed by atoms with Crippen molar-refractivity contribution in [2.45, 2.75) is 25.4 Å². The van der Waals surface area contributed by atoms with E-state index >= 15 is 0 Å². The minimum Gasteiger partial charge on any atom is -0.481 e. The average molecular weight is 281 g/mol. The second-order valence-corrected chi connectivity index (χ2v) is 4.72. The fraction of sp³-hybridized carbons (Fsp3) is 0.462. The zero-order valence-corrected chi connectivity index (χ0v) is 11.0. The number of aromatic nitrogens is 1. The molecule has 0 aromatic carbocycles. The van der Waals surface area contributed by atoms with Gasteiger partial charge in [0, 0.05) is 13.1 Å². The van der Waals surface area contributed by atoms with Crippen LogP contribution in [0.15, 0.2) is 18.3 Å². The minimum absolute atomic E-state index is 0.258. The number of carbonyl (C=O) groups is 2. The fourth-order valence-electron chi connectivity index (χ4n) is 2.38. The topological polar surface area (TPSA) is 82.5 Å². The van der Waals surface area contributed by atoms with Crippen molar-refractivity contribution in [2.75, 3.05) is 13.1 Å². The van der Waals surface area contributed by atoms with E-state index in [0.29, 0.717) is 18.8 Å². The van der Waals surface area contributed by atoms with Crippen LogP contribution in [0.3, 0.4) is 0 Å². The first-order valence-corrected chi connectivity index (χ1v) is 6.35. The van der Waals surface area contributed by atoms with Crippen LogP contribution in [0.5, 0.6) is 0 Å². The molecule has 1 aromatic heterocycles. The summed E-state index contributed by atoms with van der Waals surface area (Å²) in [4.78, 5) is 28.5. The molecule has 2 heterocycles. The quantitative estimate of drug-likeness (QED) is 0.842. The van der Waals surface area contributed by atoms with Gasteiger partial charge in [-0.1, -0.05) is 0 Å². The summed E-state index contributed by atoms with van der Waals surface area (Å²) >= 11 is 0. The van der Waals surface area contributed by atoms with Crippen LogP contribution in [0.1, 0.15) is 25.1 Å². The number of halogens is 1. The molecule has 0 aliphatic carbocycles. The highest BCUT2D eigenvalue weighted by Gasteiger charge is 2.35. The third-order valence-electron chi connectivity index (χ3n) is 3.42. The molecule has 1 amide bonds. The van der Waals surface area contributed by atoms with E-state index in [0.717, 1.165) is 6.20 Å². The lowest BCUT2D eigenvalue weighted by Crippen LogP contribution is -2.56. The summed E-state index contributed by atoms with van der Waals surface area (Å²) in [5, 5.41) is 11.6. The van der Waals surface area contributed by atoms with Crippen molar-refractivity contribution in [3.8, 4) is 0 Å². The summed E-state index contributed by atoms with van der Waals surface area (Å²) in [5.74, 6) is -1.76. The monoisotopic (exact) mass is 281 g/mol. The number of nitrogens with zero attached hydrogens (tertiary/aromatic N) is 2. The molecule has 0 bridgehead atoms. The fourth-order valence-corrected chi connectivity index (χ4v) is 2.38. The normalized spacial score (nSPS) is 21.3. The maximum atomic E-state index is 12.9. The van der Waals surface area contributed by atoms with Crippen LogP contribution in [0, 0.1) is 5.82 Å². The summed E-state index contributed by atoms with van der Waals surface area (Å²) < 4.78 is 12.9. The van der Waals surface area contributed by atoms with Crippen molar-refractivity contribution >= 4 is 11.9 Å². The molecule has 20 heavy (non-hydrogen) atoms. The van der Waals surface area contributed by atoms with E-state index in [4.69, 9.17) is 5.11 Å². The van der Waals surface area contributed by atoms with Gasteiger partial charge >= 0.3 is 5.97 Å². The second-order valence-electron chi connectivity index (χ2n) is 4.72. The van der Waals surface area contributed by atoms with Gasteiger partial charge in [-0.2, -0.15) is 0 Å². The van der Waals surface area contributed by atoms with E-state index in [1.807, 2.05) is 6.92 Å². The zero-order chi connectivity index (χ0) is 14.7. The van der Waals surface area contributed by atoms with Gasteiger partial charge < -0.3 is 10.4 Å². The van der Waals surface area contributed by atoms with E-state index in [-0.39, 0.29) is 18.4 Å².